The van der Waals surface area contributed by atoms with Gasteiger partial charge in [-0.3, -0.25) is 9.52 Å². The van der Waals surface area contributed by atoms with Gasteiger partial charge in [0.1, 0.15) is 5.82 Å². The summed E-state index contributed by atoms with van der Waals surface area (Å²) in [5.41, 5.74) is 3.85. The Hall–Kier alpha value is -3.00. The van der Waals surface area contributed by atoms with Gasteiger partial charge in [0, 0.05) is 23.9 Å². The minimum Gasteiger partial charge on any atom is -0.280 e. The van der Waals surface area contributed by atoms with E-state index in [1.807, 2.05) is 13.0 Å². The Morgan fingerprint density at radius 2 is 1.74 bits per heavy atom. The summed E-state index contributed by atoms with van der Waals surface area (Å²) in [5, 5.41) is 4.48. The molecular formula is C23H24FN3O3S. The zero-order chi connectivity index (χ0) is 22.2. The average Bonchev–Trinajstić information content (AvgIpc) is 2.77. The summed E-state index contributed by atoms with van der Waals surface area (Å²) < 4.78 is 43.4. The number of rotatable bonds is 5. The number of nitrogens with one attached hydrogen (secondary N) is 1. The molecule has 2 aromatic carbocycles. The number of aryl methyl sites for hydroxylation is 2. The highest BCUT2D eigenvalue weighted by Gasteiger charge is 2.23. The molecule has 0 bridgehead atoms. The first-order chi connectivity index (χ1) is 14.8. The number of benzene rings is 2. The lowest BCUT2D eigenvalue weighted by Crippen LogP contribution is -2.28. The fraction of sp³-hybridized carbons (Fsp3) is 0.304. The third-order valence-electron chi connectivity index (χ3n) is 5.66. The second-order valence-electron chi connectivity index (χ2n) is 7.73. The van der Waals surface area contributed by atoms with Gasteiger partial charge in [0.15, 0.2) is 0 Å². The lowest BCUT2D eigenvalue weighted by Gasteiger charge is -2.20. The lowest BCUT2D eigenvalue weighted by atomic mass is 9.89. The second kappa shape index (κ2) is 8.26. The van der Waals surface area contributed by atoms with E-state index in [0.717, 1.165) is 30.4 Å². The van der Waals surface area contributed by atoms with Crippen molar-refractivity contribution in [2.45, 2.75) is 43.9 Å². The molecule has 1 aliphatic carbocycles. The summed E-state index contributed by atoms with van der Waals surface area (Å²) in [7, 11) is -2.29. The van der Waals surface area contributed by atoms with Gasteiger partial charge < -0.3 is 0 Å². The summed E-state index contributed by atoms with van der Waals surface area (Å²) in [6.45, 7) is 1.89. The van der Waals surface area contributed by atoms with Gasteiger partial charge in [-0.05, 0) is 73.6 Å². The third kappa shape index (κ3) is 4.12. The normalized spacial score (nSPS) is 13.6. The minimum absolute atomic E-state index is 0.0885. The molecule has 1 aromatic heterocycles. The van der Waals surface area contributed by atoms with Crippen molar-refractivity contribution in [2.24, 2.45) is 7.05 Å². The van der Waals surface area contributed by atoms with Crippen molar-refractivity contribution in [2.75, 3.05) is 4.72 Å². The van der Waals surface area contributed by atoms with E-state index in [1.165, 1.54) is 28.9 Å². The first kappa shape index (κ1) is 21.2. The van der Waals surface area contributed by atoms with Crippen LogP contribution in [0.15, 0.2) is 52.2 Å². The van der Waals surface area contributed by atoms with Crippen molar-refractivity contribution in [3.63, 3.8) is 0 Å². The van der Waals surface area contributed by atoms with Crippen LogP contribution in [0.25, 0.3) is 11.3 Å². The maximum atomic E-state index is 13.2. The molecule has 8 heteroatoms. The Bertz CT molecular complexity index is 1300. The second-order valence-corrected chi connectivity index (χ2v) is 9.38. The van der Waals surface area contributed by atoms with Gasteiger partial charge in [-0.1, -0.05) is 19.1 Å². The number of hydrogen-bond acceptors (Lipinski definition) is 4. The molecule has 0 fully saturated rings. The molecule has 0 radical (unpaired) electrons. The molecule has 1 aliphatic rings. The van der Waals surface area contributed by atoms with Crippen LogP contribution in [0.2, 0.25) is 0 Å². The van der Waals surface area contributed by atoms with Crippen molar-refractivity contribution in [1.82, 2.24) is 9.78 Å². The summed E-state index contributed by atoms with van der Waals surface area (Å²) in [6, 6.07) is 10.4. The number of hydrogen-bond donors (Lipinski definition) is 1. The van der Waals surface area contributed by atoms with Crippen LogP contribution in [0.4, 0.5) is 10.1 Å². The fourth-order valence-electron chi connectivity index (χ4n) is 4.06. The van der Waals surface area contributed by atoms with Crippen LogP contribution in [-0.4, -0.2) is 18.2 Å². The van der Waals surface area contributed by atoms with Crippen molar-refractivity contribution in [3.8, 4) is 11.3 Å². The highest BCUT2D eigenvalue weighted by molar-refractivity contribution is 7.92. The van der Waals surface area contributed by atoms with E-state index in [9.17, 15) is 17.6 Å². The molecule has 0 saturated carbocycles. The Morgan fingerprint density at radius 3 is 2.42 bits per heavy atom. The molecule has 162 valence electrons. The van der Waals surface area contributed by atoms with Crippen LogP contribution in [0, 0.1) is 5.82 Å². The Labute approximate surface area is 180 Å². The molecule has 0 saturated heterocycles. The smallest absolute Gasteiger partial charge is 0.269 e. The molecule has 0 unspecified atom stereocenters. The van der Waals surface area contributed by atoms with Gasteiger partial charge >= 0.3 is 0 Å². The SMILES string of the molecule is CCc1ccc(-c2nn(C)c(=O)c3c2CCCC3)cc1S(=O)(=O)Nc1ccc(F)cc1. The monoisotopic (exact) mass is 441 g/mol. The standard InChI is InChI=1S/C23H24FN3O3S/c1-3-15-8-9-16(22-19-6-4-5-7-20(19)23(28)27(2)25-22)14-21(15)31(29,30)26-18-12-10-17(24)11-13-18/h8-14,26H,3-7H2,1-2H3. The van der Waals surface area contributed by atoms with Gasteiger partial charge in [-0.25, -0.2) is 17.5 Å². The van der Waals surface area contributed by atoms with Gasteiger partial charge in [0.05, 0.1) is 10.6 Å². The maximum absolute atomic E-state index is 13.2. The molecule has 4 rings (SSSR count). The maximum Gasteiger partial charge on any atom is 0.269 e. The highest BCUT2D eigenvalue weighted by atomic mass is 32.2. The van der Waals surface area contributed by atoms with E-state index in [4.69, 9.17) is 0 Å². The van der Waals surface area contributed by atoms with Gasteiger partial charge in [0.2, 0.25) is 0 Å². The topological polar surface area (TPSA) is 81.1 Å². The van der Waals surface area contributed by atoms with Crippen LogP contribution < -0.4 is 10.3 Å². The quantitative estimate of drug-likeness (QED) is 0.653. The summed E-state index contributed by atoms with van der Waals surface area (Å²) >= 11 is 0. The van der Waals surface area contributed by atoms with E-state index < -0.39 is 15.8 Å². The van der Waals surface area contributed by atoms with Gasteiger partial charge in [-0.2, -0.15) is 5.10 Å². The molecule has 1 N–H and O–H groups in total. The number of aromatic nitrogens is 2. The molecule has 6 nitrogen and oxygen atoms in total. The molecular weight excluding hydrogens is 417 g/mol. The number of nitrogens with zero attached hydrogens (tertiary/aromatic N) is 2. The summed E-state index contributed by atoms with van der Waals surface area (Å²) in [6.07, 6.45) is 3.92. The van der Waals surface area contributed by atoms with Crippen LogP contribution in [0.1, 0.15) is 36.5 Å². The molecule has 0 atom stereocenters. The fourth-order valence-corrected chi connectivity index (χ4v) is 5.45. The predicted octanol–water partition coefficient (Wildman–Crippen LogP) is 3.83. The van der Waals surface area contributed by atoms with Crippen LogP contribution in [-0.2, 0) is 36.3 Å². The average molecular weight is 442 g/mol. The molecule has 0 aliphatic heterocycles. The number of halogens is 1. The molecule has 0 spiro atoms. The molecule has 1 heterocycles. The number of sulfonamides is 1. The Balaban J connectivity index is 1.83. The van der Waals surface area contributed by atoms with E-state index in [1.54, 1.807) is 19.2 Å². The summed E-state index contributed by atoms with van der Waals surface area (Å²) in [5.74, 6) is -0.440. The van der Waals surface area contributed by atoms with E-state index in [0.29, 0.717) is 29.7 Å². The predicted molar refractivity (Wildman–Crippen MR) is 118 cm³/mol. The highest BCUT2D eigenvalue weighted by Crippen LogP contribution is 2.31. The zero-order valence-corrected chi connectivity index (χ0v) is 18.3. The van der Waals surface area contributed by atoms with Crippen molar-refractivity contribution in [1.29, 1.82) is 0 Å². The van der Waals surface area contributed by atoms with Crippen LogP contribution >= 0.6 is 0 Å². The van der Waals surface area contributed by atoms with E-state index >= 15 is 0 Å². The van der Waals surface area contributed by atoms with Crippen LogP contribution in [0.3, 0.4) is 0 Å². The largest absolute Gasteiger partial charge is 0.280 e. The first-order valence-corrected chi connectivity index (χ1v) is 11.8. The Morgan fingerprint density at radius 1 is 1.06 bits per heavy atom. The van der Waals surface area contributed by atoms with E-state index in [2.05, 4.69) is 9.82 Å². The van der Waals surface area contributed by atoms with Crippen LogP contribution in [0.5, 0.6) is 0 Å². The van der Waals surface area contributed by atoms with Crippen molar-refractivity contribution in [3.05, 3.63) is 75.3 Å². The zero-order valence-electron chi connectivity index (χ0n) is 17.5. The third-order valence-corrected chi connectivity index (χ3v) is 7.13. The van der Waals surface area contributed by atoms with Crippen molar-refractivity contribution < 1.29 is 12.8 Å². The molecule has 0 amide bonds. The van der Waals surface area contributed by atoms with E-state index in [-0.39, 0.29) is 16.1 Å². The lowest BCUT2D eigenvalue weighted by molar-refractivity contribution is 0.600. The molecule has 3 aromatic rings. The summed E-state index contributed by atoms with van der Waals surface area (Å²) in [4.78, 5) is 12.7. The number of fused-ring (bicyclic) bond motifs is 1. The number of anilines is 1. The van der Waals surface area contributed by atoms with Crippen molar-refractivity contribution >= 4 is 15.7 Å². The minimum atomic E-state index is -3.91. The Kier molecular flexibility index (Phi) is 5.66. The van der Waals surface area contributed by atoms with Gasteiger partial charge in [-0.15, -0.1) is 0 Å². The first-order valence-electron chi connectivity index (χ1n) is 10.3. The molecule has 31 heavy (non-hydrogen) atoms. The van der Waals surface area contributed by atoms with Gasteiger partial charge in [0.25, 0.3) is 15.6 Å².